The van der Waals surface area contributed by atoms with Crippen molar-refractivity contribution in [3.8, 4) is 6.07 Å². The normalized spacial score (nSPS) is 10.4. The molecule has 0 aliphatic rings. The molecule has 0 saturated carbocycles. The van der Waals surface area contributed by atoms with Crippen molar-refractivity contribution in [2.45, 2.75) is 40.5 Å². The monoisotopic (exact) mass is 207 g/mol. The van der Waals surface area contributed by atoms with E-state index in [1.807, 2.05) is 39.8 Å². The first-order chi connectivity index (χ1) is 6.95. The van der Waals surface area contributed by atoms with Crippen molar-refractivity contribution in [1.29, 1.82) is 5.26 Å². The number of aliphatic hydroxyl groups is 1. The molecule has 0 bridgehead atoms. The minimum Gasteiger partial charge on any atom is -0.395 e. The van der Waals surface area contributed by atoms with E-state index in [0.717, 1.165) is 0 Å². The van der Waals surface area contributed by atoms with Gasteiger partial charge < -0.3 is 5.11 Å². The van der Waals surface area contributed by atoms with Crippen molar-refractivity contribution in [3.05, 3.63) is 23.3 Å². The van der Waals surface area contributed by atoms with E-state index in [1.54, 1.807) is 0 Å². The summed E-state index contributed by atoms with van der Waals surface area (Å²) in [6.45, 7) is 7.92. The maximum Gasteiger partial charge on any atom is 0.0872 e. The fourth-order valence-electron chi connectivity index (χ4n) is 1.14. The van der Waals surface area contributed by atoms with E-state index in [1.165, 1.54) is 11.1 Å². The third kappa shape index (κ3) is 5.39. The van der Waals surface area contributed by atoms with Gasteiger partial charge in [-0.2, -0.15) is 5.26 Å². The summed E-state index contributed by atoms with van der Waals surface area (Å²) in [4.78, 5) is 0. The standard InChI is InChI=1S/C13H21NO/c1-11(2)5-7-13(9-14,10-15)8-6-12(3)4/h5-6,15H,7-8,10H2,1-4H3. The minimum atomic E-state index is -0.644. The SMILES string of the molecule is CC(C)=CCC(C#N)(CO)CC=C(C)C. The van der Waals surface area contributed by atoms with Crippen LogP contribution in [-0.4, -0.2) is 11.7 Å². The summed E-state index contributed by atoms with van der Waals surface area (Å²) in [7, 11) is 0. The molecule has 2 nitrogen and oxygen atoms in total. The average Bonchev–Trinajstić information content (AvgIpc) is 2.19. The third-order valence-corrected chi connectivity index (χ3v) is 2.34. The molecule has 0 rings (SSSR count). The zero-order chi connectivity index (χ0) is 11.9. The summed E-state index contributed by atoms with van der Waals surface area (Å²) < 4.78 is 0. The van der Waals surface area contributed by atoms with Crippen molar-refractivity contribution in [2.75, 3.05) is 6.61 Å². The van der Waals surface area contributed by atoms with Gasteiger partial charge in [0.2, 0.25) is 0 Å². The fraction of sp³-hybridized carbons (Fsp3) is 0.615. The van der Waals surface area contributed by atoms with E-state index in [-0.39, 0.29) is 6.61 Å². The lowest BCUT2D eigenvalue weighted by Gasteiger charge is -2.21. The van der Waals surface area contributed by atoms with Crippen LogP contribution in [-0.2, 0) is 0 Å². The molecule has 0 aromatic heterocycles. The van der Waals surface area contributed by atoms with Gasteiger partial charge in [0.05, 0.1) is 18.1 Å². The highest BCUT2D eigenvalue weighted by Gasteiger charge is 2.26. The van der Waals surface area contributed by atoms with Gasteiger partial charge in [-0.05, 0) is 40.5 Å². The molecule has 0 atom stereocenters. The first-order valence-electron chi connectivity index (χ1n) is 5.24. The molecular formula is C13H21NO. The predicted molar refractivity (Wildman–Crippen MR) is 63.2 cm³/mol. The number of hydrogen-bond acceptors (Lipinski definition) is 2. The van der Waals surface area contributed by atoms with E-state index in [9.17, 15) is 5.11 Å². The van der Waals surface area contributed by atoms with Gasteiger partial charge in [-0.3, -0.25) is 0 Å². The lowest BCUT2D eigenvalue weighted by Crippen LogP contribution is -2.22. The van der Waals surface area contributed by atoms with Gasteiger partial charge in [0.25, 0.3) is 0 Å². The Hall–Kier alpha value is -1.07. The molecule has 0 saturated heterocycles. The van der Waals surface area contributed by atoms with Crippen LogP contribution in [0.2, 0.25) is 0 Å². The van der Waals surface area contributed by atoms with E-state index in [2.05, 4.69) is 6.07 Å². The van der Waals surface area contributed by atoms with E-state index >= 15 is 0 Å². The summed E-state index contributed by atoms with van der Waals surface area (Å²) in [5, 5.41) is 18.5. The summed E-state index contributed by atoms with van der Waals surface area (Å²) >= 11 is 0. The van der Waals surface area contributed by atoms with Crippen LogP contribution < -0.4 is 0 Å². The Morgan fingerprint density at radius 2 is 1.53 bits per heavy atom. The molecule has 0 aliphatic heterocycles. The van der Waals surface area contributed by atoms with Gasteiger partial charge in [0.15, 0.2) is 0 Å². The number of allylic oxidation sites excluding steroid dienone is 4. The van der Waals surface area contributed by atoms with Crippen molar-refractivity contribution in [2.24, 2.45) is 5.41 Å². The Bertz CT molecular complexity index is 266. The molecule has 0 amide bonds. The molecule has 2 heteroatoms. The van der Waals surface area contributed by atoms with Gasteiger partial charge in [0, 0.05) is 0 Å². The Morgan fingerprint density at radius 3 is 1.73 bits per heavy atom. The lowest BCUT2D eigenvalue weighted by molar-refractivity contribution is 0.178. The van der Waals surface area contributed by atoms with Crippen molar-refractivity contribution in [3.63, 3.8) is 0 Å². The smallest absolute Gasteiger partial charge is 0.0872 e. The molecule has 0 aliphatic carbocycles. The second kappa shape index (κ2) is 6.42. The van der Waals surface area contributed by atoms with Gasteiger partial charge in [0.1, 0.15) is 0 Å². The molecule has 15 heavy (non-hydrogen) atoms. The summed E-state index contributed by atoms with van der Waals surface area (Å²) in [6, 6.07) is 2.24. The van der Waals surface area contributed by atoms with Gasteiger partial charge in [-0.25, -0.2) is 0 Å². The molecule has 0 aromatic carbocycles. The largest absolute Gasteiger partial charge is 0.395 e. The first-order valence-corrected chi connectivity index (χ1v) is 5.24. The quantitative estimate of drug-likeness (QED) is 0.703. The summed E-state index contributed by atoms with van der Waals surface area (Å²) in [5.41, 5.74) is 1.72. The van der Waals surface area contributed by atoms with Gasteiger partial charge >= 0.3 is 0 Å². The van der Waals surface area contributed by atoms with Crippen LogP contribution in [0.5, 0.6) is 0 Å². The Balaban J connectivity index is 4.67. The van der Waals surface area contributed by atoms with Crippen molar-refractivity contribution in [1.82, 2.24) is 0 Å². The second-order valence-corrected chi connectivity index (χ2v) is 4.52. The molecule has 0 heterocycles. The highest BCUT2D eigenvalue weighted by atomic mass is 16.3. The summed E-state index contributed by atoms with van der Waals surface area (Å²) in [6.07, 6.45) is 5.26. The molecule has 0 unspecified atom stereocenters. The number of rotatable bonds is 5. The number of nitriles is 1. The number of nitrogens with zero attached hydrogens (tertiary/aromatic N) is 1. The topological polar surface area (TPSA) is 44.0 Å². The lowest BCUT2D eigenvalue weighted by atomic mass is 9.82. The minimum absolute atomic E-state index is 0.0862. The summed E-state index contributed by atoms with van der Waals surface area (Å²) in [5.74, 6) is 0. The Morgan fingerprint density at radius 1 is 1.13 bits per heavy atom. The third-order valence-electron chi connectivity index (χ3n) is 2.34. The van der Waals surface area contributed by atoms with E-state index < -0.39 is 5.41 Å². The molecule has 0 spiro atoms. The van der Waals surface area contributed by atoms with Crippen LogP contribution in [0.1, 0.15) is 40.5 Å². The zero-order valence-electron chi connectivity index (χ0n) is 10.2. The number of hydrogen-bond donors (Lipinski definition) is 1. The molecule has 0 aromatic rings. The van der Waals surface area contributed by atoms with Crippen LogP contribution in [0.4, 0.5) is 0 Å². The van der Waals surface area contributed by atoms with Gasteiger partial charge in [-0.15, -0.1) is 0 Å². The Kier molecular flexibility index (Phi) is 5.96. The molecule has 84 valence electrons. The highest BCUT2D eigenvalue weighted by molar-refractivity contribution is 5.10. The maximum absolute atomic E-state index is 9.32. The average molecular weight is 207 g/mol. The van der Waals surface area contributed by atoms with Crippen LogP contribution in [0.25, 0.3) is 0 Å². The maximum atomic E-state index is 9.32. The van der Waals surface area contributed by atoms with E-state index in [4.69, 9.17) is 5.26 Å². The number of aliphatic hydroxyl groups excluding tert-OH is 1. The van der Waals surface area contributed by atoms with E-state index in [0.29, 0.717) is 12.8 Å². The van der Waals surface area contributed by atoms with Gasteiger partial charge in [-0.1, -0.05) is 23.3 Å². The van der Waals surface area contributed by atoms with Crippen molar-refractivity contribution >= 4 is 0 Å². The van der Waals surface area contributed by atoms with Crippen molar-refractivity contribution < 1.29 is 5.11 Å². The van der Waals surface area contributed by atoms with Crippen LogP contribution in [0.15, 0.2) is 23.3 Å². The first kappa shape index (κ1) is 13.9. The Labute approximate surface area is 92.9 Å². The van der Waals surface area contributed by atoms with Crippen LogP contribution >= 0.6 is 0 Å². The molecule has 0 radical (unpaired) electrons. The predicted octanol–water partition coefficient (Wildman–Crippen LogP) is 3.20. The van der Waals surface area contributed by atoms with Crippen LogP contribution in [0, 0.1) is 16.7 Å². The molecular weight excluding hydrogens is 186 g/mol. The highest BCUT2D eigenvalue weighted by Crippen LogP contribution is 2.27. The fourth-order valence-corrected chi connectivity index (χ4v) is 1.14. The molecule has 1 N–H and O–H groups in total. The zero-order valence-corrected chi connectivity index (χ0v) is 10.2. The molecule has 0 fully saturated rings. The van der Waals surface area contributed by atoms with Crippen LogP contribution in [0.3, 0.4) is 0 Å². The second-order valence-electron chi connectivity index (χ2n) is 4.52.